The lowest BCUT2D eigenvalue weighted by atomic mass is 10.2. The van der Waals surface area contributed by atoms with E-state index in [4.69, 9.17) is 33.2 Å². The predicted octanol–water partition coefficient (Wildman–Crippen LogP) is 4.58. The van der Waals surface area contributed by atoms with Crippen LogP contribution in [-0.4, -0.2) is 0 Å². The summed E-state index contributed by atoms with van der Waals surface area (Å²) in [6, 6.07) is 11.0. The van der Waals surface area contributed by atoms with Crippen molar-refractivity contribution in [2.24, 2.45) is 0 Å². The third-order valence-corrected chi connectivity index (χ3v) is 3.14. The van der Waals surface area contributed by atoms with Gasteiger partial charge in [-0.05, 0) is 30.3 Å². The van der Waals surface area contributed by atoms with Crippen molar-refractivity contribution < 1.29 is 9.13 Å². The molecule has 0 fully saturated rings. The standard InChI is InChI=1S/C14H8Cl2FNO/c15-11-2-1-3-13(17)10(11)8-19-14-5-4-9(7-18)6-12(14)16/h1-6H,8H2. The highest BCUT2D eigenvalue weighted by Gasteiger charge is 2.09. The molecule has 19 heavy (non-hydrogen) atoms. The first-order chi connectivity index (χ1) is 9.11. The van der Waals surface area contributed by atoms with Gasteiger partial charge in [-0.2, -0.15) is 5.26 Å². The highest BCUT2D eigenvalue weighted by atomic mass is 35.5. The van der Waals surface area contributed by atoms with Gasteiger partial charge in [-0.15, -0.1) is 0 Å². The Balaban J connectivity index is 2.17. The van der Waals surface area contributed by atoms with E-state index in [1.807, 2.05) is 6.07 Å². The molecule has 2 aromatic carbocycles. The first-order valence-electron chi connectivity index (χ1n) is 5.37. The predicted molar refractivity (Wildman–Crippen MR) is 71.9 cm³/mol. The number of hydrogen-bond donors (Lipinski definition) is 0. The molecule has 0 radical (unpaired) electrons. The average molecular weight is 296 g/mol. The van der Waals surface area contributed by atoms with Crippen LogP contribution >= 0.6 is 23.2 Å². The number of nitriles is 1. The van der Waals surface area contributed by atoms with E-state index in [1.54, 1.807) is 18.2 Å². The Bertz CT molecular complexity index is 632. The molecule has 0 saturated heterocycles. The van der Waals surface area contributed by atoms with Crippen LogP contribution in [0.15, 0.2) is 36.4 Å². The van der Waals surface area contributed by atoms with Crippen molar-refractivity contribution in [1.29, 1.82) is 5.26 Å². The third-order valence-electron chi connectivity index (χ3n) is 2.49. The number of nitrogens with zero attached hydrogens (tertiary/aromatic N) is 1. The Kier molecular flexibility index (Phi) is 4.26. The number of benzene rings is 2. The van der Waals surface area contributed by atoms with Gasteiger partial charge in [0.2, 0.25) is 0 Å². The Morgan fingerprint density at radius 1 is 1.16 bits per heavy atom. The monoisotopic (exact) mass is 295 g/mol. The van der Waals surface area contributed by atoms with Crippen molar-refractivity contribution in [2.75, 3.05) is 0 Å². The molecule has 0 aliphatic carbocycles. The second-order valence-corrected chi connectivity index (χ2v) is 4.56. The van der Waals surface area contributed by atoms with Gasteiger partial charge in [-0.25, -0.2) is 4.39 Å². The molecular weight excluding hydrogens is 288 g/mol. The zero-order chi connectivity index (χ0) is 13.8. The van der Waals surface area contributed by atoms with E-state index in [0.717, 1.165) is 0 Å². The van der Waals surface area contributed by atoms with Gasteiger partial charge in [0.05, 0.1) is 21.7 Å². The molecule has 0 heterocycles. The summed E-state index contributed by atoms with van der Waals surface area (Å²) in [5.74, 6) is -0.0581. The van der Waals surface area contributed by atoms with Crippen LogP contribution in [0.3, 0.4) is 0 Å². The minimum atomic E-state index is -0.433. The summed E-state index contributed by atoms with van der Waals surface area (Å²) in [5.41, 5.74) is 0.700. The van der Waals surface area contributed by atoms with Gasteiger partial charge in [0.1, 0.15) is 18.2 Å². The molecule has 0 unspecified atom stereocenters. The van der Waals surface area contributed by atoms with E-state index in [1.165, 1.54) is 18.2 Å². The average Bonchev–Trinajstić information content (AvgIpc) is 2.39. The van der Waals surface area contributed by atoms with Crippen LogP contribution in [0, 0.1) is 17.1 Å². The van der Waals surface area contributed by atoms with E-state index in [2.05, 4.69) is 0 Å². The van der Waals surface area contributed by atoms with E-state index >= 15 is 0 Å². The lowest BCUT2D eigenvalue weighted by molar-refractivity contribution is 0.300. The molecule has 0 aliphatic rings. The van der Waals surface area contributed by atoms with Crippen molar-refractivity contribution in [1.82, 2.24) is 0 Å². The Hall–Kier alpha value is -1.76. The minimum absolute atomic E-state index is 0.0306. The van der Waals surface area contributed by atoms with Crippen LogP contribution in [0.4, 0.5) is 4.39 Å². The summed E-state index contributed by atoms with van der Waals surface area (Å²) in [6.45, 7) is -0.0306. The molecule has 0 spiro atoms. The molecule has 0 aromatic heterocycles. The molecule has 5 heteroatoms. The highest BCUT2D eigenvalue weighted by Crippen LogP contribution is 2.27. The highest BCUT2D eigenvalue weighted by molar-refractivity contribution is 6.32. The normalized spacial score (nSPS) is 10.0. The smallest absolute Gasteiger partial charge is 0.138 e. The summed E-state index contributed by atoms with van der Waals surface area (Å²) in [6.07, 6.45) is 0. The maximum atomic E-state index is 13.5. The number of hydrogen-bond acceptors (Lipinski definition) is 2. The van der Waals surface area contributed by atoms with Crippen molar-refractivity contribution in [2.45, 2.75) is 6.61 Å². The van der Waals surface area contributed by atoms with Gasteiger partial charge >= 0.3 is 0 Å². The first-order valence-corrected chi connectivity index (χ1v) is 6.12. The van der Waals surface area contributed by atoms with Gasteiger partial charge in [-0.1, -0.05) is 29.3 Å². The quantitative estimate of drug-likeness (QED) is 0.830. The lowest BCUT2D eigenvalue weighted by Crippen LogP contribution is -2.00. The Morgan fingerprint density at radius 3 is 2.58 bits per heavy atom. The van der Waals surface area contributed by atoms with E-state index < -0.39 is 5.82 Å². The van der Waals surface area contributed by atoms with Crippen LogP contribution in [0.25, 0.3) is 0 Å². The first kappa shape index (κ1) is 13.7. The summed E-state index contributed by atoms with van der Waals surface area (Å²) in [5, 5.41) is 9.31. The molecule has 0 aliphatic heterocycles. The zero-order valence-electron chi connectivity index (χ0n) is 9.66. The van der Waals surface area contributed by atoms with Crippen LogP contribution in [0.2, 0.25) is 10.0 Å². The maximum Gasteiger partial charge on any atom is 0.138 e. The third kappa shape index (κ3) is 3.17. The van der Waals surface area contributed by atoms with E-state index in [-0.39, 0.29) is 12.2 Å². The van der Waals surface area contributed by atoms with Gasteiger partial charge in [0.25, 0.3) is 0 Å². The number of halogens is 3. The topological polar surface area (TPSA) is 33.0 Å². The van der Waals surface area contributed by atoms with Crippen LogP contribution < -0.4 is 4.74 Å². The molecule has 0 amide bonds. The van der Waals surface area contributed by atoms with E-state index in [0.29, 0.717) is 21.4 Å². The summed E-state index contributed by atoms with van der Waals surface area (Å²) < 4.78 is 19.0. The van der Waals surface area contributed by atoms with E-state index in [9.17, 15) is 4.39 Å². The second-order valence-electron chi connectivity index (χ2n) is 3.75. The molecule has 2 rings (SSSR count). The summed E-state index contributed by atoms with van der Waals surface area (Å²) >= 11 is 11.8. The molecular formula is C14H8Cl2FNO. The molecule has 2 aromatic rings. The zero-order valence-corrected chi connectivity index (χ0v) is 11.2. The summed E-state index contributed by atoms with van der Waals surface area (Å²) in [4.78, 5) is 0. The van der Waals surface area contributed by atoms with Gasteiger partial charge in [0.15, 0.2) is 0 Å². The lowest BCUT2D eigenvalue weighted by Gasteiger charge is -2.10. The molecule has 0 N–H and O–H groups in total. The van der Waals surface area contributed by atoms with Crippen LogP contribution in [-0.2, 0) is 6.61 Å². The van der Waals surface area contributed by atoms with Crippen molar-refractivity contribution in [3.63, 3.8) is 0 Å². The van der Waals surface area contributed by atoms with Crippen molar-refractivity contribution >= 4 is 23.2 Å². The minimum Gasteiger partial charge on any atom is -0.487 e. The molecule has 0 bridgehead atoms. The molecule has 96 valence electrons. The fourth-order valence-corrected chi connectivity index (χ4v) is 1.96. The fraction of sp³-hybridized carbons (Fsp3) is 0.0714. The van der Waals surface area contributed by atoms with Crippen molar-refractivity contribution in [3.8, 4) is 11.8 Å². The van der Waals surface area contributed by atoms with Gasteiger partial charge in [0, 0.05) is 5.56 Å². The summed E-state index contributed by atoms with van der Waals surface area (Å²) in [7, 11) is 0. The SMILES string of the molecule is N#Cc1ccc(OCc2c(F)cccc2Cl)c(Cl)c1. The van der Waals surface area contributed by atoms with Crippen LogP contribution in [0.5, 0.6) is 5.75 Å². The Morgan fingerprint density at radius 2 is 1.95 bits per heavy atom. The molecule has 0 saturated carbocycles. The Labute approximate surface area is 119 Å². The maximum absolute atomic E-state index is 13.5. The van der Waals surface area contributed by atoms with Crippen LogP contribution in [0.1, 0.15) is 11.1 Å². The van der Waals surface area contributed by atoms with Gasteiger partial charge in [-0.3, -0.25) is 0 Å². The van der Waals surface area contributed by atoms with Gasteiger partial charge < -0.3 is 4.74 Å². The molecule has 0 atom stereocenters. The number of ether oxygens (including phenoxy) is 1. The largest absolute Gasteiger partial charge is 0.487 e. The second kappa shape index (κ2) is 5.92. The fourth-order valence-electron chi connectivity index (χ4n) is 1.51. The molecule has 2 nitrogen and oxygen atoms in total. The van der Waals surface area contributed by atoms with Crippen molar-refractivity contribution in [3.05, 3.63) is 63.4 Å². The number of rotatable bonds is 3.